The largest absolute Gasteiger partial charge is 0.573 e. The van der Waals surface area contributed by atoms with Crippen molar-refractivity contribution in [2.75, 3.05) is 10.7 Å². The molecule has 7 nitrogen and oxygen atoms in total. The number of hydrogen-bond acceptors (Lipinski definition) is 4. The zero-order chi connectivity index (χ0) is 33.2. The summed E-state index contributed by atoms with van der Waals surface area (Å²) >= 11 is 1.61. The number of ether oxygens (including phenoxy) is 1. The molecule has 0 radical (unpaired) electrons. The van der Waals surface area contributed by atoms with Crippen LogP contribution in [0, 0.1) is 20.8 Å². The Labute approximate surface area is 271 Å². The van der Waals surface area contributed by atoms with E-state index in [9.17, 15) is 18.0 Å². The number of carbonyl (C=O) groups is 1. The summed E-state index contributed by atoms with van der Waals surface area (Å²) in [5.41, 5.74) is 7.94. The molecular weight excluding hydrogens is 611 g/mol. The molecule has 2 amide bonds. The number of amides is 2. The van der Waals surface area contributed by atoms with Gasteiger partial charge in [-0.25, -0.2) is 9.48 Å². The molecule has 3 unspecified atom stereocenters. The summed E-state index contributed by atoms with van der Waals surface area (Å²) in [6, 6.07) is 19.4. The molecule has 242 valence electrons. The number of benzene rings is 3. The number of amidine groups is 1. The lowest BCUT2D eigenvalue weighted by Crippen LogP contribution is -2.43. The van der Waals surface area contributed by atoms with Crippen LogP contribution in [0.25, 0.3) is 16.9 Å². The Morgan fingerprint density at radius 1 is 1.02 bits per heavy atom. The van der Waals surface area contributed by atoms with Gasteiger partial charge >= 0.3 is 12.4 Å². The Kier molecular flexibility index (Phi) is 9.81. The van der Waals surface area contributed by atoms with Crippen molar-refractivity contribution in [2.24, 2.45) is 4.99 Å². The van der Waals surface area contributed by atoms with Gasteiger partial charge in [0.15, 0.2) is 5.17 Å². The Bertz CT molecular complexity index is 1690. The van der Waals surface area contributed by atoms with Crippen LogP contribution in [0.5, 0.6) is 5.75 Å². The lowest BCUT2D eigenvalue weighted by Gasteiger charge is -2.37. The average molecular weight is 650 g/mol. The molecule has 0 saturated carbocycles. The minimum absolute atomic E-state index is 0.0174. The highest BCUT2D eigenvalue weighted by atomic mass is 32.2. The van der Waals surface area contributed by atoms with E-state index in [0.29, 0.717) is 5.69 Å². The van der Waals surface area contributed by atoms with E-state index in [1.165, 1.54) is 41.0 Å². The number of aromatic nitrogens is 2. The number of anilines is 1. The smallest absolute Gasteiger partial charge is 0.406 e. The Morgan fingerprint density at radius 2 is 1.67 bits per heavy atom. The maximum Gasteiger partial charge on any atom is 0.573 e. The van der Waals surface area contributed by atoms with Crippen molar-refractivity contribution in [1.82, 2.24) is 15.1 Å². The van der Waals surface area contributed by atoms with Gasteiger partial charge in [-0.05, 0) is 88.1 Å². The lowest BCUT2D eigenvalue weighted by molar-refractivity contribution is -0.274. The highest BCUT2D eigenvalue weighted by Crippen LogP contribution is 2.35. The number of aryl methyl sites for hydroxylation is 3. The van der Waals surface area contributed by atoms with Crippen LogP contribution in [0.1, 0.15) is 55.4 Å². The third-order valence-electron chi connectivity index (χ3n) is 8.24. The van der Waals surface area contributed by atoms with E-state index in [4.69, 9.17) is 0 Å². The molecule has 1 fully saturated rings. The molecule has 1 aromatic heterocycles. The van der Waals surface area contributed by atoms with Crippen LogP contribution in [0.3, 0.4) is 0 Å². The Balaban J connectivity index is 1.24. The summed E-state index contributed by atoms with van der Waals surface area (Å²) in [6.07, 6.45) is -1.98. The molecule has 1 aliphatic heterocycles. The first-order chi connectivity index (χ1) is 21.8. The fourth-order valence-corrected chi connectivity index (χ4v) is 6.97. The molecule has 5 rings (SSSR count). The molecule has 1 N–H and O–H groups in total. The van der Waals surface area contributed by atoms with Gasteiger partial charge in [-0.1, -0.05) is 60.6 Å². The maximum absolute atomic E-state index is 13.2. The third kappa shape index (κ3) is 7.75. The molecule has 0 aliphatic carbocycles. The molecule has 2 heterocycles. The molecule has 3 atom stereocenters. The molecule has 0 bridgehead atoms. The molecule has 1 aliphatic rings. The SMILES string of the molecule is Cc1cc(C)c(N2/C(=N/C(=O)NC(C)C(C)c3ccc(-c4ccn(-c5ccc(OC(F)(F)F)cc5)n4)cc3)SCCC2C)c(C)c1. The second kappa shape index (κ2) is 13.6. The van der Waals surface area contributed by atoms with Crippen molar-refractivity contribution in [2.45, 2.75) is 72.3 Å². The summed E-state index contributed by atoms with van der Waals surface area (Å²) in [5.74, 6) is 0.639. The van der Waals surface area contributed by atoms with Crippen LogP contribution in [0.15, 0.2) is 77.9 Å². The number of thioether (sulfide) groups is 1. The molecule has 0 spiro atoms. The van der Waals surface area contributed by atoms with Gasteiger partial charge in [0.2, 0.25) is 0 Å². The van der Waals surface area contributed by atoms with E-state index in [0.717, 1.165) is 39.8 Å². The molecule has 3 aromatic carbocycles. The highest BCUT2D eigenvalue weighted by molar-refractivity contribution is 8.14. The van der Waals surface area contributed by atoms with Gasteiger partial charge in [0.25, 0.3) is 0 Å². The van der Waals surface area contributed by atoms with Gasteiger partial charge in [-0.2, -0.15) is 10.1 Å². The van der Waals surface area contributed by atoms with E-state index < -0.39 is 6.36 Å². The van der Waals surface area contributed by atoms with E-state index in [-0.39, 0.29) is 29.8 Å². The molecule has 46 heavy (non-hydrogen) atoms. The Morgan fingerprint density at radius 3 is 2.30 bits per heavy atom. The van der Waals surface area contributed by atoms with E-state index in [1.54, 1.807) is 22.6 Å². The number of aliphatic imine (C=N–C) groups is 1. The zero-order valence-corrected chi connectivity index (χ0v) is 27.5. The van der Waals surface area contributed by atoms with E-state index in [1.807, 2.05) is 37.3 Å². The number of alkyl halides is 3. The minimum atomic E-state index is -4.74. The first-order valence-corrected chi connectivity index (χ1v) is 16.2. The van der Waals surface area contributed by atoms with Gasteiger partial charge in [-0.15, -0.1) is 13.2 Å². The van der Waals surface area contributed by atoms with Gasteiger partial charge < -0.3 is 15.0 Å². The van der Waals surface area contributed by atoms with E-state index >= 15 is 0 Å². The summed E-state index contributed by atoms with van der Waals surface area (Å²) in [4.78, 5) is 20.0. The van der Waals surface area contributed by atoms with Crippen LogP contribution < -0.4 is 15.0 Å². The van der Waals surface area contributed by atoms with Crippen molar-refractivity contribution >= 4 is 28.6 Å². The Hall–Kier alpha value is -4.25. The number of nitrogens with one attached hydrogen (secondary N) is 1. The van der Waals surface area contributed by atoms with Gasteiger partial charge in [-0.3, -0.25) is 0 Å². The van der Waals surface area contributed by atoms with Crippen LogP contribution in [-0.2, 0) is 0 Å². The topological polar surface area (TPSA) is 71.8 Å². The van der Waals surface area contributed by atoms with Crippen molar-refractivity contribution in [3.8, 4) is 22.7 Å². The summed E-state index contributed by atoms with van der Waals surface area (Å²) < 4.78 is 42.9. The fourth-order valence-electron chi connectivity index (χ4n) is 5.77. The van der Waals surface area contributed by atoms with Crippen LogP contribution >= 0.6 is 11.8 Å². The number of urea groups is 1. The van der Waals surface area contributed by atoms with Gasteiger partial charge in [0, 0.05) is 41.2 Å². The summed E-state index contributed by atoms with van der Waals surface area (Å²) in [7, 11) is 0. The number of halogens is 3. The minimum Gasteiger partial charge on any atom is -0.406 e. The lowest BCUT2D eigenvalue weighted by atomic mass is 9.93. The maximum atomic E-state index is 13.2. The van der Waals surface area contributed by atoms with Crippen molar-refractivity contribution in [1.29, 1.82) is 0 Å². The number of rotatable bonds is 7. The van der Waals surface area contributed by atoms with Crippen molar-refractivity contribution < 1.29 is 22.7 Å². The van der Waals surface area contributed by atoms with Crippen molar-refractivity contribution in [3.63, 3.8) is 0 Å². The summed E-state index contributed by atoms with van der Waals surface area (Å²) in [5, 5.41) is 8.39. The highest BCUT2D eigenvalue weighted by Gasteiger charge is 2.31. The number of hydrogen-bond donors (Lipinski definition) is 1. The number of carbonyl (C=O) groups excluding carboxylic acids is 1. The molecule has 4 aromatic rings. The second-order valence-corrected chi connectivity index (χ2v) is 12.9. The molecule has 1 saturated heterocycles. The van der Waals surface area contributed by atoms with Gasteiger partial charge in [0.1, 0.15) is 5.75 Å². The first-order valence-electron chi connectivity index (χ1n) is 15.2. The van der Waals surface area contributed by atoms with Crippen LogP contribution in [0.2, 0.25) is 0 Å². The predicted octanol–water partition coefficient (Wildman–Crippen LogP) is 8.95. The van der Waals surface area contributed by atoms with Crippen LogP contribution in [0.4, 0.5) is 23.7 Å². The molecular formula is C35H38F3N5O2S. The standard InChI is InChI=1S/C35H38F3N5O2S/c1-21-19-22(2)32(23(3)20-21)43-24(4)16-18-46-34(43)40-33(44)39-26(6)25(5)27-7-9-28(10-8-27)31-15-17-42(41-31)29-11-13-30(14-12-29)45-35(36,37)38/h7-15,17,19-20,24-26H,16,18H2,1-6H3,(H,39,44)/b40-34-. The number of nitrogens with zero attached hydrogens (tertiary/aromatic N) is 4. The van der Waals surface area contributed by atoms with Gasteiger partial charge in [0.05, 0.1) is 11.4 Å². The third-order valence-corrected chi connectivity index (χ3v) is 9.23. The first kappa shape index (κ1) is 33.1. The second-order valence-electron chi connectivity index (χ2n) is 11.8. The normalized spacial score (nSPS) is 17.5. The zero-order valence-electron chi connectivity index (χ0n) is 26.7. The predicted molar refractivity (Wildman–Crippen MR) is 179 cm³/mol. The van der Waals surface area contributed by atoms with Crippen LogP contribution in [-0.4, -0.2) is 45.2 Å². The van der Waals surface area contributed by atoms with E-state index in [2.05, 4.69) is 71.8 Å². The summed E-state index contributed by atoms with van der Waals surface area (Å²) in [6.45, 7) is 12.5. The quantitative estimate of drug-likeness (QED) is 0.216. The molecule has 11 heteroatoms. The average Bonchev–Trinajstić information content (AvgIpc) is 3.48. The fraction of sp³-hybridized carbons (Fsp3) is 0.343. The monoisotopic (exact) mass is 649 g/mol. The van der Waals surface area contributed by atoms with Crippen molar-refractivity contribution in [3.05, 3.63) is 95.2 Å².